The SMILES string of the molecule is C=C(C)CN(C(=O)OCc1ccccc1)C1(CO[Si](C)(C)C(C)(C)C)CCCC1c1ccccc1. The Morgan fingerprint density at radius 1 is 1.09 bits per heavy atom. The van der Waals surface area contributed by atoms with Crippen molar-refractivity contribution in [3.63, 3.8) is 0 Å². The minimum absolute atomic E-state index is 0.0854. The first-order valence-electron chi connectivity index (χ1n) is 12.8. The zero-order valence-electron chi connectivity index (χ0n) is 22.5. The van der Waals surface area contributed by atoms with Gasteiger partial charge in [-0.3, -0.25) is 4.90 Å². The summed E-state index contributed by atoms with van der Waals surface area (Å²) in [5.74, 6) is 0.178. The monoisotopic (exact) mass is 493 g/mol. The van der Waals surface area contributed by atoms with Crippen LogP contribution in [0.25, 0.3) is 0 Å². The third-order valence-corrected chi connectivity index (χ3v) is 12.3. The molecule has 2 unspecified atom stereocenters. The fraction of sp³-hybridized carbons (Fsp3) is 0.500. The molecule has 2 aromatic rings. The van der Waals surface area contributed by atoms with Crippen molar-refractivity contribution < 1.29 is 14.0 Å². The molecule has 1 saturated carbocycles. The second-order valence-corrected chi connectivity index (χ2v) is 16.4. The maximum Gasteiger partial charge on any atom is 0.410 e. The fourth-order valence-corrected chi connectivity index (χ4v) is 5.83. The van der Waals surface area contributed by atoms with Gasteiger partial charge in [-0.1, -0.05) is 100 Å². The molecule has 0 N–H and O–H groups in total. The maximum atomic E-state index is 13.8. The zero-order chi connectivity index (χ0) is 25.7. The summed E-state index contributed by atoms with van der Waals surface area (Å²) in [7, 11) is -2.04. The van der Waals surface area contributed by atoms with Gasteiger partial charge in [0.05, 0.1) is 12.1 Å². The third kappa shape index (κ3) is 6.45. The predicted molar refractivity (Wildman–Crippen MR) is 147 cm³/mol. The summed E-state index contributed by atoms with van der Waals surface area (Å²) >= 11 is 0. The molecule has 1 aliphatic carbocycles. The Bertz CT molecular complexity index is 984. The number of amides is 1. The van der Waals surface area contributed by atoms with E-state index in [-0.39, 0.29) is 23.7 Å². The normalized spacial score (nSPS) is 20.5. The number of carbonyl (C=O) groups is 1. The van der Waals surface area contributed by atoms with E-state index in [9.17, 15) is 4.79 Å². The van der Waals surface area contributed by atoms with Crippen LogP contribution in [0.4, 0.5) is 4.79 Å². The van der Waals surface area contributed by atoms with E-state index in [1.807, 2.05) is 48.2 Å². The zero-order valence-corrected chi connectivity index (χ0v) is 23.5. The van der Waals surface area contributed by atoms with E-state index in [1.54, 1.807) is 0 Å². The Morgan fingerprint density at radius 3 is 2.26 bits per heavy atom. The van der Waals surface area contributed by atoms with Crippen molar-refractivity contribution in [3.8, 4) is 0 Å². The lowest BCUT2D eigenvalue weighted by Crippen LogP contribution is -2.59. The summed E-state index contributed by atoms with van der Waals surface area (Å²) in [5, 5.41) is 0.0854. The summed E-state index contributed by atoms with van der Waals surface area (Å²) in [5.41, 5.74) is 2.69. The van der Waals surface area contributed by atoms with Gasteiger partial charge in [-0.15, -0.1) is 0 Å². The van der Waals surface area contributed by atoms with Crippen LogP contribution in [0.1, 0.15) is 64.0 Å². The minimum atomic E-state index is -2.04. The number of ether oxygens (including phenoxy) is 1. The minimum Gasteiger partial charge on any atom is -0.445 e. The molecule has 3 rings (SSSR count). The van der Waals surface area contributed by atoms with E-state index in [4.69, 9.17) is 9.16 Å². The molecule has 1 aliphatic rings. The van der Waals surface area contributed by atoms with Crippen molar-refractivity contribution in [2.24, 2.45) is 0 Å². The van der Waals surface area contributed by atoms with Crippen LogP contribution >= 0.6 is 0 Å². The lowest BCUT2D eigenvalue weighted by atomic mass is 9.81. The van der Waals surface area contributed by atoms with Crippen LogP contribution in [0.5, 0.6) is 0 Å². The molecule has 0 aliphatic heterocycles. The van der Waals surface area contributed by atoms with Crippen molar-refractivity contribution in [2.75, 3.05) is 13.2 Å². The molecule has 1 fully saturated rings. The van der Waals surface area contributed by atoms with Gasteiger partial charge in [0, 0.05) is 12.5 Å². The van der Waals surface area contributed by atoms with E-state index in [2.05, 4.69) is 64.7 Å². The predicted octanol–water partition coefficient (Wildman–Crippen LogP) is 7.93. The lowest BCUT2D eigenvalue weighted by Gasteiger charge is -2.47. The van der Waals surface area contributed by atoms with E-state index < -0.39 is 13.9 Å². The molecule has 4 nitrogen and oxygen atoms in total. The molecule has 5 heteroatoms. The van der Waals surface area contributed by atoms with E-state index in [0.29, 0.717) is 13.2 Å². The number of carbonyl (C=O) groups excluding carboxylic acids is 1. The average molecular weight is 494 g/mol. The van der Waals surface area contributed by atoms with E-state index in [1.165, 1.54) is 5.56 Å². The number of benzene rings is 2. The van der Waals surface area contributed by atoms with Crippen LogP contribution in [0.3, 0.4) is 0 Å². The van der Waals surface area contributed by atoms with Crippen molar-refractivity contribution in [2.45, 2.75) is 83.2 Å². The number of nitrogens with zero attached hydrogens (tertiary/aromatic N) is 1. The third-order valence-electron chi connectivity index (χ3n) is 7.83. The first-order chi connectivity index (χ1) is 16.5. The van der Waals surface area contributed by atoms with Crippen molar-refractivity contribution in [3.05, 3.63) is 83.9 Å². The molecule has 35 heavy (non-hydrogen) atoms. The van der Waals surface area contributed by atoms with Crippen molar-refractivity contribution >= 4 is 14.4 Å². The van der Waals surface area contributed by atoms with Crippen LogP contribution in [0.2, 0.25) is 18.1 Å². The molecule has 2 aromatic carbocycles. The first-order valence-corrected chi connectivity index (χ1v) is 15.7. The molecular weight excluding hydrogens is 450 g/mol. The van der Waals surface area contributed by atoms with Crippen molar-refractivity contribution in [1.29, 1.82) is 0 Å². The standard InChI is InChI=1S/C30H43NO3Si/c1-24(2)21-31(28(32)33-22-25-15-10-8-11-16-25)30(23-34-35(6,7)29(3,4)5)20-14-19-27(30)26-17-12-9-13-18-26/h8-13,15-18,27H,1,14,19-23H2,2-7H3. The first kappa shape index (κ1) is 27.2. The summed E-state index contributed by atoms with van der Waals surface area (Å²) in [4.78, 5) is 15.7. The fourth-order valence-electron chi connectivity index (χ4n) is 4.78. The van der Waals surface area contributed by atoms with Gasteiger partial charge < -0.3 is 9.16 Å². The van der Waals surface area contributed by atoms with E-state index in [0.717, 1.165) is 30.4 Å². The number of hydrogen-bond acceptors (Lipinski definition) is 3. The Kier molecular flexibility index (Phi) is 8.66. The molecule has 0 bridgehead atoms. The molecule has 2 atom stereocenters. The molecule has 0 spiro atoms. The summed E-state index contributed by atoms with van der Waals surface area (Å²) < 4.78 is 12.8. The van der Waals surface area contributed by atoms with Gasteiger partial charge in [-0.25, -0.2) is 4.79 Å². The summed E-state index contributed by atoms with van der Waals surface area (Å²) in [6.07, 6.45) is 2.65. The second-order valence-electron chi connectivity index (χ2n) is 11.6. The van der Waals surface area contributed by atoms with Gasteiger partial charge in [0.2, 0.25) is 0 Å². The Balaban J connectivity index is 1.99. The lowest BCUT2D eigenvalue weighted by molar-refractivity contribution is 0.0162. The highest BCUT2D eigenvalue weighted by atomic mass is 28.4. The van der Waals surface area contributed by atoms with Crippen molar-refractivity contribution in [1.82, 2.24) is 4.90 Å². The Hall–Kier alpha value is -2.37. The topological polar surface area (TPSA) is 38.8 Å². The number of hydrogen-bond donors (Lipinski definition) is 0. The quantitative estimate of drug-likeness (QED) is 0.263. The highest BCUT2D eigenvalue weighted by Gasteiger charge is 2.52. The summed E-state index contributed by atoms with van der Waals surface area (Å²) in [6.45, 7) is 18.7. The van der Waals surface area contributed by atoms with Gasteiger partial charge in [0.15, 0.2) is 8.32 Å². The largest absolute Gasteiger partial charge is 0.445 e. The molecule has 0 radical (unpaired) electrons. The van der Waals surface area contributed by atoms with Crippen LogP contribution in [0.15, 0.2) is 72.8 Å². The number of rotatable bonds is 9. The maximum absolute atomic E-state index is 13.8. The molecule has 1 amide bonds. The van der Waals surface area contributed by atoms with Crippen LogP contribution in [-0.4, -0.2) is 38.0 Å². The van der Waals surface area contributed by atoms with Crippen LogP contribution in [0, 0.1) is 0 Å². The van der Waals surface area contributed by atoms with Gasteiger partial charge in [0.1, 0.15) is 6.61 Å². The second kappa shape index (κ2) is 11.1. The van der Waals surface area contributed by atoms with Gasteiger partial charge >= 0.3 is 6.09 Å². The van der Waals surface area contributed by atoms with Gasteiger partial charge in [-0.2, -0.15) is 0 Å². The summed E-state index contributed by atoms with van der Waals surface area (Å²) in [6, 6.07) is 20.5. The molecular formula is C30H43NO3Si. The van der Waals surface area contributed by atoms with Gasteiger partial charge in [0.25, 0.3) is 0 Å². The highest BCUT2D eigenvalue weighted by molar-refractivity contribution is 6.74. The van der Waals surface area contributed by atoms with E-state index >= 15 is 0 Å². The smallest absolute Gasteiger partial charge is 0.410 e. The molecule has 0 saturated heterocycles. The Labute approximate surface area is 213 Å². The van der Waals surface area contributed by atoms with Crippen LogP contribution in [-0.2, 0) is 15.8 Å². The molecule has 190 valence electrons. The van der Waals surface area contributed by atoms with Crippen LogP contribution < -0.4 is 0 Å². The van der Waals surface area contributed by atoms with Gasteiger partial charge in [-0.05, 0) is 49.0 Å². The Morgan fingerprint density at radius 2 is 1.69 bits per heavy atom. The molecule has 0 aromatic heterocycles. The highest BCUT2D eigenvalue weighted by Crippen LogP contribution is 2.49. The molecule has 0 heterocycles. The average Bonchev–Trinajstić information content (AvgIpc) is 3.25.